The van der Waals surface area contributed by atoms with Gasteiger partial charge in [-0.1, -0.05) is 6.07 Å². The summed E-state index contributed by atoms with van der Waals surface area (Å²) in [5, 5.41) is 8.00. The fraction of sp³-hybridized carbons (Fsp3) is 0.500. The highest BCUT2D eigenvalue weighted by Crippen LogP contribution is 2.38. The van der Waals surface area contributed by atoms with Gasteiger partial charge in [0, 0.05) is 64.1 Å². The number of aromatic nitrogens is 3. The number of fused-ring (bicyclic) bond motifs is 1. The number of nitrogens with one attached hydrogen (secondary N) is 1. The molecule has 1 N–H and O–H groups in total. The molecule has 3 aromatic rings. The van der Waals surface area contributed by atoms with Gasteiger partial charge in [-0.2, -0.15) is 17.7 Å². The van der Waals surface area contributed by atoms with Crippen LogP contribution in [0.3, 0.4) is 0 Å². The van der Waals surface area contributed by atoms with Crippen molar-refractivity contribution in [1.82, 2.24) is 24.4 Å². The van der Waals surface area contributed by atoms with Crippen molar-refractivity contribution >= 4 is 44.8 Å². The van der Waals surface area contributed by atoms with Crippen LogP contribution in [0.4, 0.5) is 36.2 Å². The number of nitrogens with zero attached hydrogens (tertiary/aromatic N) is 7. The minimum Gasteiger partial charge on any atom is -0.378 e. The van der Waals surface area contributed by atoms with Crippen LogP contribution in [0, 0.1) is 6.92 Å². The molecule has 15 heteroatoms. The maximum atomic E-state index is 14.2. The van der Waals surface area contributed by atoms with E-state index in [4.69, 9.17) is 9.84 Å². The minimum absolute atomic E-state index is 0.0313. The zero-order valence-corrected chi connectivity index (χ0v) is 24.0. The van der Waals surface area contributed by atoms with Gasteiger partial charge in [-0.3, -0.25) is 4.90 Å². The standard InChI is InChI=1S/C26H33F3N8O3S/c1-18-24(37-25(31-18)22(30-17-34(2)3)15-23(33-37)36-7-11-40-12-8-36)32-21-6-4-5-20(26(27,28)29)19(21)16-35-9-13-41(38,39)14-10-35/h4-6,15,17,32H,7-14,16H2,1-3H3. The van der Waals surface area contributed by atoms with Crippen LogP contribution in [-0.2, 0) is 27.3 Å². The average Bonchev–Trinajstić information content (AvgIpc) is 3.23. The molecule has 41 heavy (non-hydrogen) atoms. The lowest BCUT2D eigenvalue weighted by atomic mass is 10.0. The van der Waals surface area contributed by atoms with Crippen molar-refractivity contribution in [2.24, 2.45) is 4.99 Å². The molecule has 0 spiro atoms. The third kappa shape index (κ3) is 6.57. The molecule has 222 valence electrons. The Labute approximate surface area is 236 Å². The molecule has 2 saturated heterocycles. The predicted molar refractivity (Wildman–Crippen MR) is 151 cm³/mol. The molecule has 0 saturated carbocycles. The van der Waals surface area contributed by atoms with Crippen LogP contribution in [0.15, 0.2) is 29.3 Å². The summed E-state index contributed by atoms with van der Waals surface area (Å²) in [4.78, 5) is 14.9. The Hall–Kier alpha value is -3.43. The van der Waals surface area contributed by atoms with Gasteiger partial charge in [-0.15, -0.1) is 5.10 Å². The Morgan fingerprint density at radius 2 is 1.85 bits per heavy atom. The van der Waals surface area contributed by atoms with E-state index in [-0.39, 0.29) is 42.4 Å². The van der Waals surface area contributed by atoms with Crippen molar-refractivity contribution in [3.05, 3.63) is 41.1 Å². The highest BCUT2D eigenvalue weighted by molar-refractivity contribution is 7.91. The molecular weight excluding hydrogens is 561 g/mol. The van der Waals surface area contributed by atoms with Crippen LogP contribution in [0.5, 0.6) is 0 Å². The third-order valence-corrected chi connectivity index (χ3v) is 8.65. The molecule has 0 aliphatic carbocycles. The smallest absolute Gasteiger partial charge is 0.378 e. The molecule has 11 nitrogen and oxygen atoms in total. The molecule has 0 unspecified atom stereocenters. The fourth-order valence-electron chi connectivity index (χ4n) is 4.86. The second-order valence-corrected chi connectivity index (χ2v) is 12.7. The van der Waals surface area contributed by atoms with Crippen LogP contribution < -0.4 is 10.2 Å². The van der Waals surface area contributed by atoms with Gasteiger partial charge in [0.1, 0.15) is 5.69 Å². The van der Waals surface area contributed by atoms with Crippen LogP contribution in [0.25, 0.3) is 5.65 Å². The Bertz CT molecular complexity index is 1540. The zero-order chi connectivity index (χ0) is 29.4. The zero-order valence-electron chi connectivity index (χ0n) is 23.1. The van der Waals surface area contributed by atoms with Crippen molar-refractivity contribution in [1.29, 1.82) is 0 Å². The maximum absolute atomic E-state index is 14.2. The molecule has 2 fully saturated rings. The fourth-order valence-corrected chi connectivity index (χ4v) is 6.14. The highest BCUT2D eigenvalue weighted by Gasteiger charge is 2.35. The number of hydrogen-bond donors (Lipinski definition) is 1. The summed E-state index contributed by atoms with van der Waals surface area (Å²) in [6.45, 7) is 4.40. The summed E-state index contributed by atoms with van der Waals surface area (Å²) in [7, 11) is 0.516. The van der Waals surface area contributed by atoms with Crippen molar-refractivity contribution < 1.29 is 26.3 Å². The van der Waals surface area contributed by atoms with E-state index in [0.29, 0.717) is 55.0 Å². The Morgan fingerprint density at radius 1 is 1.15 bits per heavy atom. The number of halogens is 3. The molecule has 1 aromatic carbocycles. The average molecular weight is 595 g/mol. The molecular formula is C26H33F3N8O3S. The number of hydrogen-bond acceptors (Lipinski definition) is 9. The largest absolute Gasteiger partial charge is 0.416 e. The van der Waals surface area contributed by atoms with E-state index in [2.05, 4.69) is 20.2 Å². The molecule has 0 atom stereocenters. The molecule has 2 aromatic heterocycles. The Morgan fingerprint density at radius 3 is 2.51 bits per heavy atom. The Kier molecular flexibility index (Phi) is 8.12. The van der Waals surface area contributed by atoms with Gasteiger partial charge >= 0.3 is 6.18 Å². The second kappa shape index (κ2) is 11.4. The van der Waals surface area contributed by atoms with Crippen molar-refractivity contribution in [3.8, 4) is 0 Å². The van der Waals surface area contributed by atoms with Crippen LogP contribution in [-0.4, -0.2) is 104 Å². The number of benzene rings is 1. The topological polar surface area (TPSA) is 108 Å². The van der Waals surface area contributed by atoms with E-state index in [1.807, 2.05) is 20.2 Å². The van der Waals surface area contributed by atoms with Gasteiger partial charge in [-0.25, -0.2) is 18.4 Å². The van der Waals surface area contributed by atoms with Gasteiger partial charge < -0.3 is 19.9 Å². The first kappa shape index (κ1) is 29.1. The molecule has 0 amide bonds. The Balaban J connectivity index is 1.59. The number of anilines is 3. The van der Waals surface area contributed by atoms with Crippen molar-refractivity contribution in [2.45, 2.75) is 19.6 Å². The van der Waals surface area contributed by atoms with E-state index in [1.165, 1.54) is 6.07 Å². The molecule has 2 aliphatic rings. The minimum atomic E-state index is -4.60. The van der Waals surface area contributed by atoms with Gasteiger partial charge in [0.25, 0.3) is 0 Å². The van der Waals surface area contributed by atoms with Gasteiger partial charge in [0.05, 0.1) is 42.3 Å². The summed E-state index contributed by atoms with van der Waals surface area (Å²) < 4.78 is 73.4. The van der Waals surface area contributed by atoms with E-state index in [1.54, 1.807) is 33.6 Å². The monoisotopic (exact) mass is 594 g/mol. The molecule has 2 aliphatic heterocycles. The number of morpholine rings is 1. The molecule has 0 bridgehead atoms. The molecule has 5 rings (SSSR count). The quantitative estimate of drug-likeness (QED) is 0.326. The first-order chi connectivity index (χ1) is 19.4. The first-order valence-electron chi connectivity index (χ1n) is 13.2. The number of imidazole rings is 1. The number of ether oxygens (including phenoxy) is 1. The summed E-state index contributed by atoms with van der Waals surface area (Å²) in [6, 6.07) is 5.83. The lowest BCUT2D eigenvalue weighted by molar-refractivity contribution is -0.138. The third-order valence-electron chi connectivity index (χ3n) is 7.04. The van der Waals surface area contributed by atoms with Gasteiger partial charge in [-0.05, 0) is 19.1 Å². The maximum Gasteiger partial charge on any atom is 0.416 e. The van der Waals surface area contributed by atoms with E-state index < -0.39 is 21.6 Å². The van der Waals surface area contributed by atoms with E-state index in [0.717, 1.165) is 6.07 Å². The lowest BCUT2D eigenvalue weighted by Crippen LogP contribution is -2.40. The molecule has 0 radical (unpaired) electrons. The summed E-state index contributed by atoms with van der Waals surface area (Å²) in [5.41, 5.74) is 1.05. The van der Waals surface area contributed by atoms with Crippen molar-refractivity contribution in [2.75, 3.05) is 75.2 Å². The summed E-state index contributed by atoms with van der Waals surface area (Å²) in [5.74, 6) is 0.894. The highest BCUT2D eigenvalue weighted by atomic mass is 32.2. The van der Waals surface area contributed by atoms with Crippen LogP contribution >= 0.6 is 0 Å². The van der Waals surface area contributed by atoms with Crippen LogP contribution in [0.2, 0.25) is 0 Å². The summed E-state index contributed by atoms with van der Waals surface area (Å²) >= 11 is 0. The lowest BCUT2D eigenvalue weighted by Gasteiger charge is -2.29. The van der Waals surface area contributed by atoms with E-state index in [9.17, 15) is 21.6 Å². The normalized spacial score (nSPS) is 18.3. The number of aliphatic imine (C=N–C) groups is 1. The number of alkyl halides is 3. The number of rotatable bonds is 7. The number of aryl methyl sites for hydroxylation is 1. The summed E-state index contributed by atoms with van der Waals surface area (Å²) in [6.07, 6.45) is -2.95. The van der Waals surface area contributed by atoms with E-state index >= 15 is 0 Å². The van der Waals surface area contributed by atoms with Crippen LogP contribution in [0.1, 0.15) is 16.8 Å². The molecule has 4 heterocycles. The predicted octanol–water partition coefficient (Wildman–Crippen LogP) is 3.09. The SMILES string of the molecule is Cc1nc2c(N=CN(C)C)cc(N3CCOCC3)nn2c1Nc1cccc(C(F)(F)F)c1CN1CCS(=O)(=O)CC1. The van der Waals surface area contributed by atoms with Crippen molar-refractivity contribution in [3.63, 3.8) is 0 Å². The van der Waals surface area contributed by atoms with Gasteiger partial charge in [0.2, 0.25) is 0 Å². The number of sulfone groups is 1. The first-order valence-corrected chi connectivity index (χ1v) is 15.1. The second-order valence-electron chi connectivity index (χ2n) is 10.4. The van der Waals surface area contributed by atoms with Gasteiger partial charge in [0.15, 0.2) is 27.1 Å².